The molecule has 3 nitrogen and oxygen atoms in total. The van der Waals surface area contributed by atoms with E-state index in [0.29, 0.717) is 12.1 Å². The minimum atomic E-state index is -0.0573. The number of carbonyl (C=O) groups excluding carboxylic acids is 1. The Balaban J connectivity index is 3.03. The molecular formula is C10H13BrN2O. The maximum Gasteiger partial charge on any atom is 0.253 e. The Morgan fingerprint density at radius 1 is 1.57 bits per heavy atom. The monoisotopic (exact) mass is 256 g/mol. The summed E-state index contributed by atoms with van der Waals surface area (Å²) in [5, 5.41) is 2.76. The minimum Gasteiger partial charge on any atom is -0.352 e. The van der Waals surface area contributed by atoms with Gasteiger partial charge < -0.3 is 5.32 Å². The summed E-state index contributed by atoms with van der Waals surface area (Å²) >= 11 is 3.30. The van der Waals surface area contributed by atoms with Gasteiger partial charge in [-0.2, -0.15) is 0 Å². The topological polar surface area (TPSA) is 42.0 Å². The number of nitrogens with zero attached hydrogens (tertiary/aromatic N) is 1. The summed E-state index contributed by atoms with van der Waals surface area (Å²) in [6.45, 7) is 4.52. The number of hydrogen-bond donors (Lipinski definition) is 1. The summed E-state index contributed by atoms with van der Waals surface area (Å²) in [4.78, 5) is 15.8. The van der Waals surface area contributed by atoms with Crippen molar-refractivity contribution in [2.75, 3.05) is 6.54 Å². The second-order valence-electron chi connectivity index (χ2n) is 2.86. The highest BCUT2D eigenvalue weighted by Gasteiger charge is 2.10. The number of pyridine rings is 1. The molecule has 0 saturated heterocycles. The van der Waals surface area contributed by atoms with Crippen LogP contribution in [0.2, 0.25) is 0 Å². The molecule has 0 spiro atoms. The second kappa shape index (κ2) is 5.10. The summed E-state index contributed by atoms with van der Waals surface area (Å²) in [6, 6.07) is 1.80. The SMILES string of the molecule is CCNC(=O)c1cc(Br)cnc1CC. The predicted octanol–water partition coefficient (Wildman–Crippen LogP) is 2.16. The van der Waals surface area contributed by atoms with Crippen molar-refractivity contribution in [3.05, 3.63) is 28.0 Å². The largest absolute Gasteiger partial charge is 0.352 e. The van der Waals surface area contributed by atoms with Gasteiger partial charge in [0, 0.05) is 17.2 Å². The van der Waals surface area contributed by atoms with Crippen LogP contribution in [0.25, 0.3) is 0 Å². The van der Waals surface area contributed by atoms with Crippen LogP contribution in [-0.2, 0) is 6.42 Å². The third-order valence-electron chi connectivity index (χ3n) is 1.85. The van der Waals surface area contributed by atoms with Crippen molar-refractivity contribution in [3.8, 4) is 0 Å². The first kappa shape index (κ1) is 11.2. The Morgan fingerprint density at radius 3 is 2.86 bits per heavy atom. The van der Waals surface area contributed by atoms with E-state index in [1.54, 1.807) is 12.3 Å². The molecule has 1 rings (SSSR count). The fraction of sp³-hybridized carbons (Fsp3) is 0.400. The van der Waals surface area contributed by atoms with E-state index in [1.165, 1.54) is 0 Å². The average molecular weight is 257 g/mol. The molecule has 1 N–H and O–H groups in total. The number of nitrogens with one attached hydrogen (secondary N) is 1. The van der Waals surface area contributed by atoms with Crippen LogP contribution >= 0.6 is 15.9 Å². The summed E-state index contributed by atoms with van der Waals surface area (Å²) in [6.07, 6.45) is 2.47. The summed E-state index contributed by atoms with van der Waals surface area (Å²) in [7, 11) is 0. The molecule has 0 aliphatic rings. The van der Waals surface area contributed by atoms with Crippen molar-refractivity contribution in [3.63, 3.8) is 0 Å². The Labute approximate surface area is 92.1 Å². The smallest absolute Gasteiger partial charge is 0.253 e. The Kier molecular flexibility index (Phi) is 4.07. The van der Waals surface area contributed by atoms with E-state index in [9.17, 15) is 4.79 Å². The molecule has 0 atom stereocenters. The van der Waals surface area contributed by atoms with Gasteiger partial charge in [-0.1, -0.05) is 6.92 Å². The van der Waals surface area contributed by atoms with Crippen LogP contribution in [0.15, 0.2) is 16.7 Å². The molecule has 4 heteroatoms. The first-order chi connectivity index (χ1) is 6.69. The Bertz CT molecular complexity index is 339. The van der Waals surface area contributed by atoms with Gasteiger partial charge in [-0.05, 0) is 35.3 Å². The molecule has 0 aromatic carbocycles. The minimum absolute atomic E-state index is 0.0573. The number of hydrogen-bond acceptors (Lipinski definition) is 2. The lowest BCUT2D eigenvalue weighted by molar-refractivity contribution is 0.0954. The number of aryl methyl sites for hydroxylation is 1. The van der Waals surface area contributed by atoms with Crippen molar-refractivity contribution in [2.45, 2.75) is 20.3 Å². The van der Waals surface area contributed by atoms with E-state index in [4.69, 9.17) is 0 Å². The van der Waals surface area contributed by atoms with Crippen LogP contribution < -0.4 is 5.32 Å². The molecule has 1 heterocycles. The molecular weight excluding hydrogens is 244 g/mol. The molecule has 1 amide bonds. The number of rotatable bonds is 3. The molecule has 76 valence electrons. The lowest BCUT2D eigenvalue weighted by Crippen LogP contribution is -2.24. The van der Waals surface area contributed by atoms with E-state index >= 15 is 0 Å². The lowest BCUT2D eigenvalue weighted by Gasteiger charge is -2.06. The third-order valence-corrected chi connectivity index (χ3v) is 2.29. The number of amides is 1. The van der Waals surface area contributed by atoms with Crippen molar-refractivity contribution < 1.29 is 4.79 Å². The van der Waals surface area contributed by atoms with Crippen molar-refractivity contribution in [1.29, 1.82) is 0 Å². The van der Waals surface area contributed by atoms with E-state index in [2.05, 4.69) is 26.2 Å². The van der Waals surface area contributed by atoms with Crippen LogP contribution in [0.3, 0.4) is 0 Å². The van der Waals surface area contributed by atoms with Crippen molar-refractivity contribution in [1.82, 2.24) is 10.3 Å². The zero-order chi connectivity index (χ0) is 10.6. The molecule has 0 unspecified atom stereocenters. The zero-order valence-corrected chi connectivity index (χ0v) is 9.89. The molecule has 0 bridgehead atoms. The zero-order valence-electron chi connectivity index (χ0n) is 8.30. The average Bonchev–Trinajstić information content (AvgIpc) is 2.18. The molecule has 0 aliphatic carbocycles. The number of carbonyl (C=O) groups is 1. The molecule has 0 aliphatic heterocycles. The Hall–Kier alpha value is -0.900. The lowest BCUT2D eigenvalue weighted by atomic mass is 10.1. The van der Waals surface area contributed by atoms with E-state index in [1.807, 2.05) is 13.8 Å². The van der Waals surface area contributed by atoms with Crippen LogP contribution in [-0.4, -0.2) is 17.4 Å². The fourth-order valence-electron chi connectivity index (χ4n) is 1.20. The third kappa shape index (κ3) is 2.54. The first-order valence-corrected chi connectivity index (χ1v) is 5.41. The molecule has 14 heavy (non-hydrogen) atoms. The van der Waals surface area contributed by atoms with E-state index in [0.717, 1.165) is 16.6 Å². The highest BCUT2D eigenvalue weighted by Crippen LogP contribution is 2.14. The first-order valence-electron chi connectivity index (χ1n) is 4.61. The quantitative estimate of drug-likeness (QED) is 0.901. The van der Waals surface area contributed by atoms with E-state index < -0.39 is 0 Å². The summed E-state index contributed by atoms with van der Waals surface area (Å²) in [5.41, 5.74) is 1.49. The van der Waals surface area contributed by atoms with Gasteiger partial charge in [0.2, 0.25) is 0 Å². The van der Waals surface area contributed by atoms with Gasteiger partial charge in [-0.15, -0.1) is 0 Å². The highest BCUT2D eigenvalue weighted by atomic mass is 79.9. The normalized spacial score (nSPS) is 9.93. The van der Waals surface area contributed by atoms with Gasteiger partial charge in [0.1, 0.15) is 0 Å². The van der Waals surface area contributed by atoms with Crippen molar-refractivity contribution in [2.24, 2.45) is 0 Å². The maximum absolute atomic E-state index is 11.6. The van der Waals surface area contributed by atoms with Gasteiger partial charge in [0.05, 0.1) is 11.3 Å². The number of halogens is 1. The van der Waals surface area contributed by atoms with Crippen molar-refractivity contribution >= 4 is 21.8 Å². The molecule has 1 aromatic heterocycles. The van der Waals surface area contributed by atoms with Crippen LogP contribution in [0.5, 0.6) is 0 Å². The fourth-order valence-corrected chi connectivity index (χ4v) is 1.53. The summed E-state index contributed by atoms with van der Waals surface area (Å²) in [5.74, 6) is -0.0573. The predicted molar refractivity (Wildman–Crippen MR) is 59.3 cm³/mol. The Morgan fingerprint density at radius 2 is 2.29 bits per heavy atom. The van der Waals surface area contributed by atoms with Gasteiger partial charge >= 0.3 is 0 Å². The second-order valence-corrected chi connectivity index (χ2v) is 3.78. The molecule has 0 radical (unpaired) electrons. The summed E-state index contributed by atoms with van der Waals surface area (Å²) < 4.78 is 0.830. The van der Waals surface area contributed by atoms with Crippen LogP contribution in [0.1, 0.15) is 29.9 Å². The number of aromatic nitrogens is 1. The highest BCUT2D eigenvalue weighted by molar-refractivity contribution is 9.10. The van der Waals surface area contributed by atoms with Crippen LogP contribution in [0.4, 0.5) is 0 Å². The van der Waals surface area contributed by atoms with Gasteiger partial charge in [-0.25, -0.2) is 0 Å². The van der Waals surface area contributed by atoms with Gasteiger partial charge in [0.15, 0.2) is 0 Å². The molecule has 1 aromatic rings. The van der Waals surface area contributed by atoms with Gasteiger partial charge in [-0.3, -0.25) is 9.78 Å². The van der Waals surface area contributed by atoms with E-state index in [-0.39, 0.29) is 5.91 Å². The standard InChI is InChI=1S/C10H13BrN2O/c1-3-9-8(10(14)12-4-2)5-7(11)6-13-9/h5-6H,3-4H2,1-2H3,(H,12,14). The van der Waals surface area contributed by atoms with Gasteiger partial charge in [0.25, 0.3) is 5.91 Å². The molecule has 0 saturated carbocycles. The molecule has 0 fully saturated rings. The van der Waals surface area contributed by atoms with Crippen LogP contribution in [0, 0.1) is 0 Å². The maximum atomic E-state index is 11.6.